The number of halogens is 6. The van der Waals surface area contributed by atoms with Crippen LogP contribution in [0.25, 0.3) is 27.7 Å². The van der Waals surface area contributed by atoms with Gasteiger partial charge in [0.15, 0.2) is 5.82 Å². The van der Waals surface area contributed by atoms with Crippen LogP contribution in [0.1, 0.15) is 4.11 Å². The van der Waals surface area contributed by atoms with Gasteiger partial charge in [0, 0.05) is 6.54 Å². The van der Waals surface area contributed by atoms with Crippen LogP contribution in [0.15, 0.2) is 24.4 Å². The van der Waals surface area contributed by atoms with E-state index in [9.17, 15) is 22.0 Å². The van der Waals surface area contributed by atoms with Crippen molar-refractivity contribution in [1.82, 2.24) is 34.5 Å². The molecule has 0 amide bonds. The number of hydrogen-bond acceptors (Lipinski definition) is 8. The number of nitrogens with zero attached hydrogens (tertiary/aromatic N) is 7. The van der Waals surface area contributed by atoms with Gasteiger partial charge in [-0.3, -0.25) is 4.90 Å². The lowest BCUT2D eigenvalue weighted by Crippen LogP contribution is -2.48. The van der Waals surface area contributed by atoms with Gasteiger partial charge in [-0.1, -0.05) is 11.3 Å². The number of rotatable bonds is 6. The minimum Gasteiger partial charge on any atom is -0.479 e. The summed E-state index contributed by atoms with van der Waals surface area (Å²) in [5.41, 5.74) is -0.530. The van der Waals surface area contributed by atoms with Gasteiger partial charge < -0.3 is 14.8 Å². The van der Waals surface area contributed by atoms with Crippen molar-refractivity contribution in [2.24, 2.45) is 0 Å². The predicted molar refractivity (Wildman–Crippen MR) is 121 cm³/mol. The number of methoxy groups -OCH3 is 1. The molecule has 3 aromatic heterocycles. The second-order valence-electron chi connectivity index (χ2n) is 9.13. The number of ether oxygens (including phenoxy) is 2. The maximum absolute atomic E-state index is 15.4. The Morgan fingerprint density at radius 3 is 2.82 bits per heavy atom. The van der Waals surface area contributed by atoms with Gasteiger partial charge in [-0.2, -0.15) is 18.2 Å². The lowest BCUT2D eigenvalue weighted by atomic mass is 10.1. The highest BCUT2D eigenvalue weighted by atomic mass is 19.4. The molecule has 1 unspecified atom stereocenters. The molecule has 202 valence electrons. The van der Waals surface area contributed by atoms with Crippen molar-refractivity contribution in [3.05, 3.63) is 30.2 Å². The highest BCUT2D eigenvalue weighted by Gasteiger charge is 2.51. The molecule has 2 fully saturated rings. The largest absolute Gasteiger partial charge is 0.479 e. The molecule has 0 saturated carbocycles. The van der Waals surface area contributed by atoms with Crippen LogP contribution in [-0.4, -0.2) is 92.0 Å². The van der Waals surface area contributed by atoms with Crippen LogP contribution in [0.4, 0.5) is 32.3 Å². The van der Waals surface area contributed by atoms with Gasteiger partial charge >= 0.3 is 6.18 Å². The van der Waals surface area contributed by atoms with Crippen LogP contribution in [0, 0.1) is 5.82 Å². The molecule has 0 bridgehead atoms. The molecule has 38 heavy (non-hydrogen) atoms. The van der Waals surface area contributed by atoms with Gasteiger partial charge in [0.05, 0.1) is 54.2 Å². The molecule has 2 aliphatic rings. The summed E-state index contributed by atoms with van der Waals surface area (Å²) in [5.74, 6) is -5.26. The quantitative estimate of drug-likeness (QED) is 0.370. The minimum atomic E-state index is -4.61. The van der Waals surface area contributed by atoms with E-state index in [1.165, 1.54) is 18.2 Å². The summed E-state index contributed by atoms with van der Waals surface area (Å²) in [4.78, 5) is 5.55. The number of hydrogen-bond donors (Lipinski definition) is 1. The molecule has 6 rings (SSSR count). The van der Waals surface area contributed by atoms with Crippen LogP contribution >= 0.6 is 0 Å². The molecule has 1 aromatic carbocycles. The van der Waals surface area contributed by atoms with E-state index in [-0.39, 0.29) is 40.3 Å². The predicted octanol–water partition coefficient (Wildman–Crippen LogP) is 2.98. The molecule has 0 aliphatic carbocycles. The second-order valence-corrected chi connectivity index (χ2v) is 9.13. The Morgan fingerprint density at radius 2 is 2.11 bits per heavy atom. The average Bonchev–Trinajstić information content (AvgIpc) is 3.43. The third-order valence-electron chi connectivity index (χ3n) is 6.56. The smallest absolute Gasteiger partial charge is 0.408 e. The van der Waals surface area contributed by atoms with E-state index in [1.807, 2.05) is 0 Å². The van der Waals surface area contributed by atoms with E-state index in [0.717, 1.165) is 10.7 Å². The van der Waals surface area contributed by atoms with Crippen molar-refractivity contribution in [1.29, 1.82) is 0 Å². The Labute approximate surface area is 214 Å². The van der Waals surface area contributed by atoms with Crippen molar-refractivity contribution in [2.45, 2.75) is 30.7 Å². The zero-order valence-corrected chi connectivity index (χ0v) is 19.2. The van der Waals surface area contributed by atoms with E-state index < -0.39 is 55.9 Å². The lowest BCUT2D eigenvalue weighted by molar-refractivity contribution is -0.142. The average molecular weight is 545 g/mol. The molecule has 10 nitrogen and oxygen atoms in total. The monoisotopic (exact) mass is 545 g/mol. The van der Waals surface area contributed by atoms with E-state index in [0.29, 0.717) is 17.9 Å². The number of fused-ring (bicyclic) bond motifs is 2. The van der Waals surface area contributed by atoms with Crippen molar-refractivity contribution >= 4 is 22.5 Å². The molecule has 5 heterocycles. The van der Waals surface area contributed by atoms with E-state index in [1.54, 1.807) is 4.90 Å². The van der Waals surface area contributed by atoms with Gasteiger partial charge in [-0.15, -0.1) is 10.2 Å². The molecule has 0 radical (unpaired) electrons. The van der Waals surface area contributed by atoms with E-state index >= 15 is 4.39 Å². The summed E-state index contributed by atoms with van der Waals surface area (Å²) in [6.45, 7) is -1.42. The Bertz CT molecular complexity index is 1620. The number of aromatic nitrogens is 6. The van der Waals surface area contributed by atoms with Crippen LogP contribution in [0.5, 0.6) is 5.88 Å². The Kier molecular flexibility index (Phi) is 4.87. The van der Waals surface area contributed by atoms with Crippen molar-refractivity contribution in [3.8, 4) is 17.0 Å². The Morgan fingerprint density at radius 1 is 1.29 bits per heavy atom. The van der Waals surface area contributed by atoms with Crippen LogP contribution in [0.3, 0.4) is 0 Å². The number of alkyl halides is 5. The third kappa shape index (κ3) is 4.26. The highest BCUT2D eigenvalue weighted by Crippen LogP contribution is 2.37. The van der Waals surface area contributed by atoms with Crippen LogP contribution in [0.2, 0.25) is 0 Å². The summed E-state index contributed by atoms with van der Waals surface area (Å²) in [5, 5.41) is 13.8. The Balaban J connectivity index is 1.41. The summed E-state index contributed by atoms with van der Waals surface area (Å²) in [6.07, 6.45) is -3.76. The van der Waals surface area contributed by atoms with Crippen LogP contribution < -0.4 is 10.1 Å². The molecule has 16 heteroatoms. The zero-order valence-electron chi connectivity index (χ0n) is 22.2. The van der Waals surface area contributed by atoms with Crippen LogP contribution in [-0.2, 0) is 11.3 Å². The fourth-order valence-electron chi connectivity index (χ4n) is 4.67. The first-order chi connectivity index (χ1) is 19.2. The molecule has 1 N–H and O–H groups in total. The normalized spacial score (nSPS) is 21.8. The van der Waals surface area contributed by atoms with Gasteiger partial charge in [-0.05, 0) is 17.7 Å². The summed E-state index contributed by atoms with van der Waals surface area (Å²) < 4.78 is 118. The minimum absolute atomic E-state index is 0.0172. The second kappa shape index (κ2) is 8.69. The SMILES string of the molecule is [2H]C([2H])([2H])Oc1nc(NC2CN(C3COC3)CC2(F)F)nn2cc(F)c(-c3ccc4nnn(CC(F)(F)F)c4c3)c12. The Hall–Kier alpha value is -3.66. The maximum atomic E-state index is 15.4. The fraction of sp³-hybridized carbons (Fsp3) is 0.455. The maximum Gasteiger partial charge on any atom is 0.408 e. The third-order valence-corrected chi connectivity index (χ3v) is 6.56. The summed E-state index contributed by atoms with van der Waals surface area (Å²) >= 11 is 0. The number of nitrogens with one attached hydrogen (secondary N) is 1. The molecule has 4 aromatic rings. The first-order valence-corrected chi connectivity index (χ1v) is 11.3. The molecular weight excluding hydrogens is 522 g/mol. The van der Waals surface area contributed by atoms with E-state index in [2.05, 4.69) is 25.7 Å². The number of likely N-dealkylation sites (tertiary alicyclic amines) is 1. The van der Waals surface area contributed by atoms with Gasteiger partial charge in [-0.25, -0.2) is 22.4 Å². The van der Waals surface area contributed by atoms with Gasteiger partial charge in [0.2, 0.25) is 11.8 Å². The number of benzene rings is 1. The fourth-order valence-corrected chi connectivity index (χ4v) is 4.67. The van der Waals surface area contributed by atoms with Crippen molar-refractivity contribution in [2.75, 3.05) is 38.7 Å². The zero-order chi connectivity index (χ0) is 29.3. The van der Waals surface area contributed by atoms with Crippen molar-refractivity contribution < 1.29 is 39.9 Å². The van der Waals surface area contributed by atoms with E-state index in [4.69, 9.17) is 13.6 Å². The lowest BCUT2D eigenvalue weighted by Gasteiger charge is -2.34. The van der Waals surface area contributed by atoms with Crippen molar-refractivity contribution in [3.63, 3.8) is 0 Å². The number of anilines is 1. The summed E-state index contributed by atoms with van der Waals surface area (Å²) in [6, 6.07) is 2.24. The molecular formula is C22H20F6N8O2. The first kappa shape index (κ1) is 21.3. The molecule has 2 saturated heterocycles. The molecule has 0 spiro atoms. The van der Waals surface area contributed by atoms with Gasteiger partial charge in [0.25, 0.3) is 5.92 Å². The summed E-state index contributed by atoms with van der Waals surface area (Å²) in [7, 11) is -3.08. The molecule has 1 atom stereocenters. The standard InChI is InChI=1S/C22H20F6N8O2/c1-37-19-18-17(11-2-3-14-15(4-11)36(33-31-14)10-22(26,27)28)13(23)5-35(18)32-20(30-19)29-16-6-34(9-21(16,24)25)12-7-38-8-12/h2-5,12,16H,6-10H2,1H3,(H,29,32)/i1D3. The topological polar surface area (TPSA) is 94.6 Å². The molecule has 2 aliphatic heterocycles. The van der Waals surface area contributed by atoms with Gasteiger partial charge in [0.1, 0.15) is 23.6 Å². The highest BCUT2D eigenvalue weighted by molar-refractivity contribution is 5.89. The first-order valence-electron chi connectivity index (χ1n) is 12.8.